The summed E-state index contributed by atoms with van der Waals surface area (Å²) in [5.74, 6) is 0. The first kappa shape index (κ1) is 9.71. The highest BCUT2D eigenvalue weighted by atomic mass is 79.9. The largest absolute Gasteiger partial charge is 0.302 e. The summed E-state index contributed by atoms with van der Waals surface area (Å²) < 4.78 is 1.10. The minimum Gasteiger partial charge on any atom is -0.302 e. The van der Waals surface area contributed by atoms with E-state index in [0.29, 0.717) is 0 Å². The van der Waals surface area contributed by atoms with Gasteiger partial charge >= 0.3 is 0 Å². The van der Waals surface area contributed by atoms with Crippen LogP contribution in [0.15, 0.2) is 28.7 Å². The Morgan fingerprint density at radius 2 is 2.25 bits per heavy atom. The first-order valence-electron chi connectivity index (χ1n) is 3.72. The number of hydroxylamine groups is 2. The highest BCUT2D eigenvalue weighted by molar-refractivity contribution is 9.10. The van der Waals surface area contributed by atoms with Crippen molar-refractivity contribution < 1.29 is 4.84 Å². The zero-order chi connectivity index (χ0) is 8.97. The number of hydrogen-bond donors (Lipinski definition) is 0. The molecule has 0 N–H and O–H groups in total. The number of nitrogens with zero attached hydrogens (tertiary/aromatic N) is 1. The summed E-state index contributed by atoms with van der Waals surface area (Å²) in [6, 6.07) is 8.18. The van der Waals surface area contributed by atoms with Crippen LogP contribution in [0, 0.1) is 0 Å². The summed E-state index contributed by atoms with van der Waals surface area (Å²) in [5, 5.41) is 1.78. The van der Waals surface area contributed by atoms with Crippen molar-refractivity contribution in [3.8, 4) is 0 Å². The average molecular weight is 230 g/mol. The molecule has 0 unspecified atom stereocenters. The lowest BCUT2D eigenvalue weighted by molar-refractivity contribution is -0.116. The van der Waals surface area contributed by atoms with Crippen LogP contribution in [0.1, 0.15) is 5.56 Å². The van der Waals surface area contributed by atoms with Gasteiger partial charge in [0.2, 0.25) is 0 Å². The van der Waals surface area contributed by atoms with Gasteiger partial charge in [0.1, 0.15) is 0 Å². The van der Waals surface area contributed by atoms with E-state index in [-0.39, 0.29) is 0 Å². The summed E-state index contributed by atoms with van der Waals surface area (Å²) in [5.41, 5.74) is 1.23. The van der Waals surface area contributed by atoms with E-state index in [1.807, 2.05) is 19.2 Å². The third-order valence-corrected chi connectivity index (χ3v) is 2.10. The topological polar surface area (TPSA) is 12.5 Å². The lowest BCUT2D eigenvalue weighted by Crippen LogP contribution is -2.15. The summed E-state index contributed by atoms with van der Waals surface area (Å²) in [6.07, 6.45) is 0. The van der Waals surface area contributed by atoms with E-state index in [0.717, 1.165) is 11.0 Å². The monoisotopic (exact) mass is 229 g/mol. The van der Waals surface area contributed by atoms with Crippen LogP contribution in [0.25, 0.3) is 0 Å². The van der Waals surface area contributed by atoms with Gasteiger partial charge in [0.15, 0.2) is 0 Å². The van der Waals surface area contributed by atoms with Gasteiger partial charge < -0.3 is 4.84 Å². The summed E-state index contributed by atoms with van der Waals surface area (Å²) in [4.78, 5) is 5.01. The molecule has 0 fully saturated rings. The van der Waals surface area contributed by atoms with Crippen molar-refractivity contribution in [1.29, 1.82) is 0 Å². The van der Waals surface area contributed by atoms with Crippen molar-refractivity contribution in [1.82, 2.24) is 5.06 Å². The Morgan fingerprint density at radius 3 is 2.83 bits per heavy atom. The fourth-order valence-electron chi connectivity index (χ4n) is 0.957. The van der Waals surface area contributed by atoms with Crippen LogP contribution in [-0.2, 0) is 11.4 Å². The van der Waals surface area contributed by atoms with E-state index in [1.165, 1.54) is 5.56 Å². The minimum atomic E-state index is 0.802. The SMILES string of the molecule is CON(C)Cc1cccc(Br)c1. The quantitative estimate of drug-likeness (QED) is 0.739. The van der Waals surface area contributed by atoms with Crippen LogP contribution in [-0.4, -0.2) is 19.2 Å². The molecule has 2 nitrogen and oxygen atoms in total. The van der Waals surface area contributed by atoms with Crippen molar-refractivity contribution >= 4 is 15.9 Å². The molecule has 0 aromatic heterocycles. The Labute approximate surface area is 81.2 Å². The highest BCUT2D eigenvalue weighted by Crippen LogP contribution is 2.12. The molecule has 0 aliphatic rings. The number of hydrogen-bond acceptors (Lipinski definition) is 2. The van der Waals surface area contributed by atoms with Crippen LogP contribution in [0.4, 0.5) is 0 Å². The van der Waals surface area contributed by atoms with Crippen molar-refractivity contribution in [3.63, 3.8) is 0 Å². The van der Waals surface area contributed by atoms with Crippen LogP contribution >= 0.6 is 15.9 Å². The number of benzene rings is 1. The van der Waals surface area contributed by atoms with E-state index in [4.69, 9.17) is 4.84 Å². The van der Waals surface area contributed by atoms with Gasteiger partial charge in [-0.15, -0.1) is 0 Å². The normalized spacial score (nSPS) is 10.7. The predicted octanol–water partition coefficient (Wildman–Crippen LogP) is 2.44. The highest BCUT2D eigenvalue weighted by Gasteiger charge is 1.97. The molecule has 0 spiro atoms. The van der Waals surface area contributed by atoms with Crippen molar-refractivity contribution in [2.75, 3.05) is 14.2 Å². The molecule has 0 saturated heterocycles. The molecule has 1 rings (SSSR count). The fourth-order valence-corrected chi connectivity index (χ4v) is 1.40. The lowest BCUT2D eigenvalue weighted by Gasteiger charge is -2.13. The van der Waals surface area contributed by atoms with Gasteiger partial charge in [-0.25, -0.2) is 0 Å². The molecule has 0 heterocycles. The van der Waals surface area contributed by atoms with Crippen molar-refractivity contribution in [2.24, 2.45) is 0 Å². The van der Waals surface area contributed by atoms with E-state index in [2.05, 4.69) is 28.1 Å². The Hall–Kier alpha value is -0.380. The summed E-state index contributed by atoms with van der Waals surface area (Å²) in [7, 11) is 3.57. The summed E-state index contributed by atoms with van der Waals surface area (Å²) in [6.45, 7) is 0.802. The molecule has 1 aromatic rings. The first-order valence-corrected chi connectivity index (χ1v) is 4.51. The molecular weight excluding hydrogens is 218 g/mol. The maximum Gasteiger partial charge on any atom is 0.0575 e. The molecule has 3 heteroatoms. The van der Waals surface area contributed by atoms with E-state index >= 15 is 0 Å². The Balaban J connectivity index is 2.63. The third kappa shape index (κ3) is 2.93. The number of rotatable bonds is 3. The van der Waals surface area contributed by atoms with Gasteiger partial charge in [-0.1, -0.05) is 28.1 Å². The Kier molecular flexibility index (Phi) is 3.72. The lowest BCUT2D eigenvalue weighted by atomic mass is 10.2. The smallest absolute Gasteiger partial charge is 0.0575 e. The van der Waals surface area contributed by atoms with Crippen LogP contribution in [0.3, 0.4) is 0 Å². The van der Waals surface area contributed by atoms with Crippen molar-refractivity contribution in [3.05, 3.63) is 34.3 Å². The van der Waals surface area contributed by atoms with Crippen molar-refractivity contribution in [2.45, 2.75) is 6.54 Å². The standard InChI is InChI=1S/C9H12BrNO/c1-11(12-2)7-8-4-3-5-9(10)6-8/h3-6H,7H2,1-2H3. The van der Waals surface area contributed by atoms with Gasteiger partial charge in [0.05, 0.1) is 7.11 Å². The third-order valence-electron chi connectivity index (χ3n) is 1.61. The molecule has 0 saturated carbocycles. The molecule has 0 amide bonds. The van der Waals surface area contributed by atoms with Gasteiger partial charge in [0, 0.05) is 18.1 Å². The Bertz CT molecular complexity index is 252. The van der Waals surface area contributed by atoms with Gasteiger partial charge in [0.25, 0.3) is 0 Å². The minimum absolute atomic E-state index is 0.802. The predicted molar refractivity (Wildman–Crippen MR) is 52.6 cm³/mol. The van der Waals surface area contributed by atoms with Gasteiger partial charge in [-0.05, 0) is 17.7 Å². The van der Waals surface area contributed by atoms with E-state index in [1.54, 1.807) is 12.2 Å². The van der Waals surface area contributed by atoms with Crippen LogP contribution in [0.2, 0.25) is 0 Å². The molecule has 0 aliphatic heterocycles. The van der Waals surface area contributed by atoms with Gasteiger partial charge in [-0.3, -0.25) is 0 Å². The second-order valence-corrected chi connectivity index (χ2v) is 3.51. The van der Waals surface area contributed by atoms with Gasteiger partial charge in [-0.2, -0.15) is 5.06 Å². The van der Waals surface area contributed by atoms with Crippen LogP contribution in [0.5, 0.6) is 0 Å². The Morgan fingerprint density at radius 1 is 1.50 bits per heavy atom. The molecule has 0 bridgehead atoms. The van der Waals surface area contributed by atoms with E-state index < -0.39 is 0 Å². The summed E-state index contributed by atoms with van der Waals surface area (Å²) >= 11 is 3.41. The maximum atomic E-state index is 5.01. The zero-order valence-corrected chi connectivity index (χ0v) is 8.84. The molecule has 12 heavy (non-hydrogen) atoms. The maximum absolute atomic E-state index is 5.01. The molecule has 0 aliphatic carbocycles. The molecule has 0 radical (unpaired) electrons. The van der Waals surface area contributed by atoms with Crippen LogP contribution < -0.4 is 0 Å². The second-order valence-electron chi connectivity index (χ2n) is 2.60. The van der Waals surface area contributed by atoms with E-state index in [9.17, 15) is 0 Å². The fraction of sp³-hybridized carbons (Fsp3) is 0.333. The first-order chi connectivity index (χ1) is 5.72. The number of halogens is 1. The second kappa shape index (κ2) is 4.60. The molecular formula is C9H12BrNO. The molecule has 66 valence electrons. The average Bonchev–Trinajstić information content (AvgIpc) is 2.04. The molecule has 0 atom stereocenters. The molecule has 1 aromatic carbocycles. The zero-order valence-electron chi connectivity index (χ0n) is 7.25.